The van der Waals surface area contributed by atoms with Crippen LogP contribution < -0.4 is 15.8 Å². The number of ether oxygens (including phenoxy) is 1. The van der Waals surface area contributed by atoms with Gasteiger partial charge in [0.25, 0.3) is 0 Å². The maximum absolute atomic E-state index is 12.2. The molecule has 0 unspecified atom stereocenters. The van der Waals surface area contributed by atoms with Crippen molar-refractivity contribution in [3.63, 3.8) is 0 Å². The number of carbonyl (C=O) groups excluding carboxylic acids is 1. The Bertz CT molecular complexity index is 433. The third-order valence-corrected chi connectivity index (χ3v) is 3.26. The number of alkyl halides is 2. The average Bonchev–Trinajstić information content (AvgIpc) is 2.42. The molecule has 0 aromatic heterocycles. The summed E-state index contributed by atoms with van der Waals surface area (Å²) in [5, 5.41) is 2.62. The van der Waals surface area contributed by atoms with Crippen molar-refractivity contribution in [2.75, 3.05) is 12.0 Å². The number of halogens is 2. The predicted octanol–water partition coefficient (Wildman–Crippen LogP) is 1.98. The third kappa shape index (κ3) is 5.75. The monoisotopic (exact) mass is 304 g/mol. The lowest BCUT2D eigenvalue weighted by atomic mass is 10.2. The van der Waals surface area contributed by atoms with E-state index in [9.17, 15) is 13.6 Å². The number of para-hydroxylation sites is 1. The first kappa shape index (κ1) is 16.7. The summed E-state index contributed by atoms with van der Waals surface area (Å²) in [5.74, 6) is 0.547. The first-order chi connectivity index (χ1) is 9.54. The van der Waals surface area contributed by atoms with E-state index in [2.05, 4.69) is 10.1 Å². The number of benzene rings is 1. The van der Waals surface area contributed by atoms with Gasteiger partial charge in [-0.1, -0.05) is 18.2 Å². The normalized spacial score (nSPS) is 12.2. The van der Waals surface area contributed by atoms with Gasteiger partial charge in [0.2, 0.25) is 5.91 Å². The Labute approximate surface area is 121 Å². The summed E-state index contributed by atoms with van der Waals surface area (Å²) in [7, 11) is 0. The van der Waals surface area contributed by atoms with E-state index in [1.807, 2.05) is 6.26 Å². The fourth-order valence-corrected chi connectivity index (χ4v) is 2.04. The number of thioether (sulfide) groups is 1. The SMILES string of the molecule is CSCC[C@@H](N)C(=O)NCc1ccccc1OC(F)F. The third-order valence-electron chi connectivity index (χ3n) is 2.61. The van der Waals surface area contributed by atoms with Crippen LogP contribution in [-0.4, -0.2) is 30.6 Å². The Balaban J connectivity index is 2.54. The topological polar surface area (TPSA) is 64.4 Å². The van der Waals surface area contributed by atoms with Gasteiger partial charge < -0.3 is 15.8 Å². The molecule has 0 aliphatic rings. The van der Waals surface area contributed by atoms with Gasteiger partial charge in [0.05, 0.1) is 6.04 Å². The Morgan fingerprint density at radius 1 is 1.45 bits per heavy atom. The van der Waals surface area contributed by atoms with Crippen LogP contribution in [0.4, 0.5) is 8.78 Å². The minimum atomic E-state index is -2.89. The van der Waals surface area contributed by atoms with Crippen molar-refractivity contribution in [1.29, 1.82) is 0 Å². The van der Waals surface area contributed by atoms with Crippen LogP contribution in [0.2, 0.25) is 0 Å². The average molecular weight is 304 g/mol. The molecular weight excluding hydrogens is 286 g/mol. The highest BCUT2D eigenvalue weighted by atomic mass is 32.2. The molecule has 0 fully saturated rings. The molecule has 1 aromatic rings. The first-order valence-corrected chi connectivity index (χ1v) is 7.49. The van der Waals surface area contributed by atoms with E-state index in [4.69, 9.17) is 5.73 Å². The van der Waals surface area contributed by atoms with E-state index in [0.29, 0.717) is 12.0 Å². The second-order valence-electron chi connectivity index (χ2n) is 4.09. The van der Waals surface area contributed by atoms with Gasteiger partial charge >= 0.3 is 6.61 Å². The van der Waals surface area contributed by atoms with Crippen molar-refractivity contribution < 1.29 is 18.3 Å². The summed E-state index contributed by atoms with van der Waals surface area (Å²) in [6, 6.07) is 5.73. The molecule has 112 valence electrons. The number of nitrogens with two attached hydrogens (primary N) is 1. The smallest absolute Gasteiger partial charge is 0.387 e. The van der Waals surface area contributed by atoms with Crippen molar-refractivity contribution in [3.05, 3.63) is 29.8 Å². The van der Waals surface area contributed by atoms with Gasteiger partial charge in [-0.15, -0.1) is 0 Å². The quantitative estimate of drug-likeness (QED) is 0.771. The molecule has 20 heavy (non-hydrogen) atoms. The maximum atomic E-state index is 12.2. The summed E-state index contributed by atoms with van der Waals surface area (Å²) in [6.45, 7) is -2.79. The summed E-state index contributed by atoms with van der Waals surface area (Å²) >= 11 is 1.61. The number of amides is 1. The zero-order chi connectivity index (χ0) is 15.0. The van der Waals surface area contributed by atoms with E-state index in [1.165, 1.54) is 6.07 Å². The lowest BCUT2D eigenvalue weighted by Gasteiger charge is -2.14. The fraction of sp³-hybridized carbons (Fsp3) is 0.462. The molecule has 1 aromatic carbocycles. The molecule has 0 saturated carbocycles. The van der Waals surface area contributed by atoms with Crippen molar-refractivity contribution >= 4 is 17.7 Å². The second kappa shape index (κ2) is 8.76. The van der Waals surface area contributed by atoms with Gasteiger partial charge in [-0.2, -0.15) is 20.5 Å². The Morgan fingerprint density at radius 3 is 2.80 bits per heavy atom. The Morgan fingerprint density at radius 2 is 2.15 bits per heavy atom. The lowest BCUT2D eigenvalue weighted by Crippen LogP contribution is -2.40. The minimum Gasteiger partial charge on any atom is -0.434 e. The molecule has 1 amide bonds. The Hall–Kier alpha value is -1.34. The van der Waals surface area contributed by atoms with Crippen molar-refractivity contribution in [2.45, 2.75) is 25.6 Å². The molecule has 7 heteroatoms. The summed E-state index contributed by atoms with van der Waals surface area (Å²) < 4.78 is 28.9. The molecular formula is C13H18F2N2O2S. The molecule has 0 radical (unpaired) electrons. The highest BCUT2D eigenvalue weighted by Gasteiger charge is 2.14. The molecule has 0 aliphatic carbocycles. The van der Waals surface area contributed by atoms with Crippen LogP contribution in [0.25, 0.3) is 0 Å². The standard InChI is InChI=1S/C13H18F2N2O2S/c1-20-7-6-10(16)12(18)17-8-9-4-2-3-5-11(9)19-13(14)15/h2-5,10,13H,6-8,16H2,1H3,(H,17,18)/t10-/m1/s1. The van der Waals surface area contributed by atoms with Crippen LogP contribution in [0.3, 0.4) is 0 Å². The number of nitrogens with one attached hydrogen (secondary N) is 1. The summed E-state index contributed by atoms with van der Waals surface area (Å²) in [4.78, 5) is 11.7. The van der Waals surface area contributed by atoms with Crippen molar-refractivity contribution in [2.24, 2.45) is 5.73 Å². The first-order valence-electron chi connectivity index (χ1n) is 6.09. The van der Waals surface area contributed by atoms with Gasteiger partial charge in [-0.05, 0) is 24.5 Å². The van der Waals surface area contributed by atoms with Gasteiger partial charge in [-0.3, -0.25) is 4.79 Å². The van der Waals surface area contributed by atoms with Gasteiger partial charge in [0.1, 0.15) is 5.75 Å². The number of hydrogen-bond acceptors (Lipinski definition) is 4. The van der Waals surface area contributed by atoms with Crippen molar-refractivity contribution in [3.8, 4) is 5.75 Å². The van der Waals surface area contributed by atoms with Crippen LogP contribution in [0.15, 0.2) is 24.3 Å². The molecule has 0 saturated heterocycles. The highest BCUT2D eigenvalue weighted by molar-refractivity contribution is 7.98. The Kier molecular flexibility index (Phi) is 7.32. The van der Waals surface area contributed by atoms with Gasteiger partial charge in [0, 0.05) is 12.1 Å². The van der Waals surface area contributed by atoms with Gasteiger partial charge in [-0.25, -0.2) is 0 Å². The molecule has 1 rings (SSSR count). The molecule has 4 nitrogen and oxygen atoms in total. The van der Waals surface area contributed by atoms with E-state index in [1.54, 1.807) is 30.0 Å². The van der Waals surface area contributed by atoms with E-state index < -0.39 is 12.7 Å². The molecule has 0 aliphatic heterocycles. The highest BCUT2D eigenvalue weighted by Crippen LogP contribution is 2.19. The number of hydrogen-bond donors (Lipinski definition) is 2. The molecule has 0 heterocycles. The maximum Gasteiger partial charge on any atom is 0.387 e. The molecule has 3 N–H and O–H groups in total. The van der Waals surface area contributed by atoms with Gasteiger partial charge in [0.15, 0.2) is 0 Å². The largest absolute Gasteiger partial charge is 0.434 e. The van der Waals surface area contributed by atoms with E-state index in [-0.39, 0.29) is 18.2 Å². The molecule has 1 atom stereocenters. The minimum absolute atomic E-state index is 0.0560. The zero-order valence-corrected chi connectivity index (χ0v) is 12.0. The van der Waals surface area contributed by atoms with E-state index in [0.717, 1.165) is 5.75 Å². The zero-order valence-electron chi connectivity index (χ0n) is 11.1. The van der Waals surface area contributed by atoms with Crippen LogP contribution in [0.5, 0.6) is 5.75 Å². The van der Waals surface area contributed by atoms with Crippen LogP contribution in [-0.2, 0) is 11.3 Å². The molecule has 0 spiro atoms. The van der Waals surface area contributed by atoms with Crippen LogP contribution in [0, 0.1) is 0 Å². The summed E-state index contributed by atoms with van der Waals surface area (Å²) in [5.41, 5.74) is 6.19. The van der Waals surface area contributed by atoms with Crippen LogP contribution in [0.1, 0.15) is 12.0 Å². The summed E-state index contributed by atoms with van der Waals surface area (Å²) in [6.07, 6.45) is 2.50. The number of rotatable bonds is 8. The second-order valence-corrected chi connectivity index (χ2v) is 5.08. The molecule has 0 bridgehead atoms. The predicted molar refractivity (Wildman–Crippen MR) is 75.9 cm³/mol. The van der Waals surface area contributed by atoms with Crippen LogP contribution >= 0.6 is 11.8 Å². The fourth-order valence-electron chi connectivity index (χ4n) is 1.55. The number of carbonyl (C=O) groups is 1. The van der Waals surface area contributed by atoms with Crippen molar-refractivity contribution in [1.82, 2.24) is 5.32 Å². The van der Waals surface area contributed by atoms with E-state index >= 15 is 0 Å². The lowest BCUT2D eigenvalue weighted by molar-refractivity contribution is -0.122.